The zero-order valence-electron chi connectivity index (χ0n) is 13.8. The van der Waals surface area contributed by atoms with Gasteiger partial charge in [-0.25, -0.2) is 4.79 Å². The van der Waals surface area contributed by atoms with Crippen LogP contribution in [0.15, 0.2) is 54.6 Å². The lowest BCUT2D eigenvalue weighted by Gasteiger charge is -2.24. The Hall–Kier alpha value is -2.82. The number of anilines is 1. The number of aldehydes is 1. The van der Waals surface area contributed by atoms with Gasteiger partial charge in [-0.05, 0) is 36.8 Å². The molecule has 2 aromatic rings. The third-order valence-corrected chi connectivity index (χ3v) is 3.64. The van der Waals surface area contributed by atoms with Gasteiger partial charge in [-0.15, -0.1) is 0 Å². The summed E-state index contributed by atoms with van der Waals surface area (Å²) in [5.74, 6) is -0.398. The monoisotopic (exact) mass is 327 g/mol. The maximum absolute atomic E-state index is 12.4. The van der Waals surface area contributed by atoms with E-state index in [4.69, 9.17) is 9.47 Å². The number of rotatable bonds is 8. The predicted molar refractivity (Wildman–Crippen MR) is 92.3 cm³/mol. The lowest BCUT2D eigenvalue weighted by atomic mass is 9.92. The molecule has 0 saturated heterocycles. The van der Waals surface area contributed by atoms with Gasteiger partial charge in [0.15, 0.2) is 0 Å². The molecule has 0 aliphatic carbocycles. The van der Waals surface area contributed by atoms with Crippen LogP contribution < -0.4 is 10.1 Å². The van der Waals surface area contributed by atoms with Gasteiger partial charge in [-0.3, -0.25) is 0 Å². The van der Waals surface area contributed by atoms with Crippen molar-refractivity contribution in [3.63, 3.8) is 0 Å². The van der Waals surface area contributed by atoms with Crippen LogP contribution in [0.1, 0.15) is 18.4 Å². The van der Waals surface area contributed by atoms with Crippen molar-refractivity contribution >= 4 is 17.9 Å². The molecule has 126 valence electrons. The van der Waals surface area contributed by atoms with Crippen molar-refractivity contribution in [1.82, 2.24) is 0 Å². The molecule has 0 aromatic heterocycles. The molecule has 24 heavy (non-hydrogen) atoms. The second-order valence-electron chi connectivity index (χ2n) is 5.18. The molecule has 2 aromatic carbocycles. The third kappa shape index (κ3) is 4.35. The predicted octanol–water partition coefficient (Wildman–Crippen LogP) is 3.02. The van der Waals surface area contributed by atoms with Crippen LogP contribution in [-0.4, -0.2) is 32.0 Å². The van der Waals surface area contributed by atoms with E-state index in [2.05, 4.69) is 5.32 Å². The van der Waals surface area contributed by atoms with Gasteiger partial charge < -0.3 is 19.6 Å². The van der Waals surface area contributed by atoms with Gasteiger partial charge in [0.1, 0.15) is 18.1 Å². The summed E-state index contributed by atoms with van der Waals surface area (Å²) in [6.07, 6.45) is 0.771. The van der Waals surface area contributed by atoms with E-state index in [0.29, 0.717) is 11.4 Å². The number of carbonyl (C=O) groups is 2. The first kappa shape index (κ1) is 17.5. The molecule has 0 fully saturated rings. The largest absolute Gasteiger partial charge is 0.497 e. The van der Waals surface area contributed by atoms with Gasteiger partial charge in [-0.2, -0.15) is 0 Å². The molecule has 1 N–H and O–H groups in total. The highest BCUT2D eigenvalue weighted by atomic mass is 16.5. The van der Waals surface area contributed by atoms with Crippen molar-refractivity contribution < 1.29 is 19.1 Å². The molecule has 0 saturated carbocycles. The second kappa shape index (κ2) is 8.72. The first-order valence-electron chi connectivity index (χ1n) is 7.77. The van der Waals surface area contributed by atoms with Crippen LogP contribution in [0, 0.1) is 0 Å². The zero-order chi connectivity index (χ0) is 17.4. The van der Waals surface area contributed by atoms with E-state index < -0.39 is 17.9 Å². The number of hydrogen-bond acceptors (Lipinski definition) is 5. The molecule has 2 atom stereocenters. The van der Waals surface area contributed by atoms with Crippen LogP contribution in [-0.2, 0) is 14.3 Å². The smallest absolute Gasteiger partial charge is 0.329 e. The number of carbonyl (C=O) groups excluding carboxylic acids is 2. The fourth-order valence-corrected chi connectivity index (χ4v) is 2.42. The van der Waals surface area contributed by atoms with Gasteiger partial charge >= 0.3 is 5.97 Å². The van der Waals surface area contributed by atoms with E-state index in [1.165, 1.54) is 0 Å². The highest BCUT2D eigenvalue weighted by Gasteiger charge is 2.30. The Labute approximate surface area is 141 Å². The molecule has 0 bridgehead atoms. The van der Waals surface area contributed by atoms with Crippen molar-refractivity contribution in [3.8, 4) is 5.75 Å². The Morgan fingerprint density at radius 1 is 1.12 bits per heavy atom. The van der Waals surface area contributed by atoms with Crippen molar-refractivity contribution in [1.29, 1.82) is 0 Å². The van der Waals surface area contributed by atoms with E-state index in [9.17, 15) is 9.59 Å². The Kier molecular flexibility index (Phi) is 6.37. The van der Waals surface area contributed by atoms with Crippen molar-refractivity contribution in [2.45, 2.75) is 18.9 Å². The number of benzene rings is 2. The highest BCUT2D eigenvalue weighted by Crippen LogP contribution is 2.23. The topological polar surface area (TPSA) is 64.6 Å². The summed E-state index contributed by atoms with van der Waals surface area (Å²) in [4.78, 5) is 24.1. The van der Waals surface area contributed by atoms with Crippen molar-refractivity contribution in [2.24, 2.45) is 0 Å². The van der Waals surface area contributed by atoms with E-state index in [-0.39, 0.29) is 6.61 Å². The SMILES string of the molecule is CCOC(=O)[C@H](Nc1ccc(OC)cc1)[C@@H](C=O)c1ccccc1. The van der Waals surface area contributed by atoms with Gasteiger partial charge in [0.25, 0.3) is 0 Å². The molecule has 0 amide bonds. The minimum Gasteiger partial charge on any atom is -0.497 e. The standard InChI is InChI=1S/C19H21NO4/c1-3-24-19(22)18(17(13-21)14-7-5-4-6-8-14)20-15-9-11-16(23-2)12-10-15/h4-13,17-18,20H,3H2,1-2H3/t17-,18+/m0/s1. The number of methoxy groups -OCH3 is 1. The fraction of sp³-hybridized carbons (Fsp3) is 0.263. The van der Waals surface area contributed by atoms with Crippen LogP contribution in [0.2, 0.25) is 0 Å². The first-order chi connectivity index (χ1) is 11.7. The summed E-state index contributed by atoms with van der Waals surface area (Å²) in [6, 6.07) is 15.5. The lowest BCUT2D eigenvalue weighted by molar-refractivity contribution is -0.145. The number of nitrogens with one attached hydrogen (secondary N) is 1. The normalized spacial score (nSPS) is 12.8. The summed E-state index contributed by atoms with van der Waals surface area (Å²) >= 11 is 0. The number of esters is 1. The van der Waals surface area contributed by atoms with E-state index in [1.54, 1.807) is 38.3 Å². The first-order valence-corrected chi connectivity index (χ1v) is 7.77. The van der Waals surface area contributed by atoms with Crippen molar-refractivity contribution in [3.05, 3.63) is 60.2 Å². The van der Waals surface area contributed by atoms with Crippen LogP contribution in [0.5, 0.6) is 5.75 Å². The minimum absolute atomic E-state index is 0.250. The van der Waals surface area contributed by atoms with Gasteiger partial charge in [0, 0.05) is 5.69 Å². The molecule has 0 aliphatic heterocycles. The van der Waals surface area contributed by atoms with Gasteiger partial charge in [0.2, 0.25) is 0 Å². The van der Waals surface area contributed by atoms with Crippen LogP contribution in [0.4, 0.5) is 5.69 Å². The molecule has 0 spiro atoms. The van der Waals surface area contributed by atoms with Crippen LogP contribution in [0.25, 0.3) is 0 Å². The molecular weight excluding hydrogens is 306 g/mol. The molecule has 0 unspecified atom stereocenters. The summed E-state index contributed by atoms with van der Waals surface area (Å²) in [6.45, 7) is 1.99. The highest BCUT2D eigenvalue weighted by molar-refractivity contribution is 5.86. The molecule has 5 nitrogen and oxygen atoms in total. The number of ether oxygens (including phenoxy) is 2. The Bertz CT molecular complexity index is 655. The molecule has 5 heteroatoms. The zero-order valence-corrected chi connectivity index (χ0v) is 13.8. The maximum Gasteiger partial charge on any atom is 0.329 e. The number of hydrogen-bond donors (Lipinski definition) is 1. The third-order valence-electron chi connectivity index (χ3n) is 3.64. The quantitative estimate of drug-likeness (QED) is 0.596. The van der Waals surface area contributed by atoms with Crippen LogP contribution >= 0.6 is 0 Å². The molecule has 0 radical (unpaired) electrons. The van der Waals surface area contributed by atoms with Crippen LogP contribution in [0.3, 0.4) is 0 Å². The molecule has 0 heterocycles. The summed E-state index contributed by atoms with van der Waals surface area (Å²) in [5, 5.41) is 3.10. The fourth-order valence-electron chi connectivity index (χ4n) is 2.42. The molecule has 2 rings (SSSR count). The summed E-state index contributed by atoms with van der Waals surface area (Å²) in [7, 11) is 1.58. The summed E-state index contributed by atoms with van der Waals surface area (Å²) in [5.41, 5.74) is 1.46. The van der Waals surface area contributed by atoms with Gasteiger partial charge in [0.05, 0.1) is 19.6 Å². The maximum atomic E-state index is 12.4. The van der Waals surface area contributed by atoms with E-state index in [0.717, 1.165) is 11.8 Å². The van der Waals surface area contributed by atoms with E-state index in [1.807, 2.05) is 30.3 Å². The average molecular weight is 327 g/mol. The summed E-state index contributed by atoms with van der Waals surface area (Å²) < 4.78 is 10.3. The van der Waals surface area contributed by atoms with Crippen molar-refractivity contribution in [2.75, 3.05) is 19.0 Å². The average Bonchev–Trinajstić information content (AvgIpc) is 2.63. The molecule has 0 aliphatic rings. The Morgan fingerprint density at radius 3 is 2.33 bits per heavy atom. The minimum atomic E-state index is -0.807. The van der Waals surface area contributed by atoms with E-state index >= 15 is 0 Å². The Balaban J connectivity index is 2.28. The van der Waals surface area contributed by atoms with Gasteiger partial charge in [-0.1, -0.05) is 30.3 Å². The second-order valence-corrected chi connectivity index (χ2v) is 5.18. The lowest BCUT2D eigenvalue weighted by Crippen LogP contribution is -2.38. The molecular formula is C19H21NO4. The Morgan fingerprint density at radius 2 is 1.79 bits per heavy atom.